The van der Waals surface area contributed by atoms with Crippen LogP contribution in [-0.2, 0) is 9.59 Å². The largest absolute Gasteiger partial charge is 0.481 e. The number of aromatic nitrogens is 2. The molecule has 0 aliphatic rings. The first-order valence-electron chi connectivity index (χ1n) is 5.49. The highest BCUT2D eigenvalue weighted by atomic mass is 32.2. The summed E-state index contributed by atoms with van der Waals surface area (Å²) in [5.74, 6) is -1.12. The molecule has 1 rings (SSSR count). The monoisotopic (exact) mass is 289 g/mol. The van der Waals surface area contributed by atoms with Gasteiger partial charge < -0.3 is 10.4 Å². The molecule has 0 saturated heterocycles. The standard InChI is InChI=1S/C10H15N3O3S2/c1-6(2)17-10-13-12-9(18-10)11-7(14)4-3-5-8(15)16/h6H,3-5H2,1-2H3,(H,15,16)(H,11,12,14). The molecule has 1 heterocycles. The first-order valence-corrected chi connectivity index (χ1v) is 7.19. The lowest BCUT2D eigenvalue weighted by Crippen LogP contribution is -2.11. The summed E-state index contributed by atoms with van der Waals surface area (Å²) in [4.78, 5) is 21.7. The smallest absolute Gasteiger partial charge is 0.303 e. The summed E-state index contributed by atoms with van der Waals surface area (Å²) in [6.45, 7) is 4.10. The molecule has 1 aromatic heterocycles. The van der Waals surface area contributed by atoms with Gasteiger partial charge in [0.2, 0.25) is 11.0 Å². The molecule has 8 heteroatoms. The Balaban J connectivity index is 2.35. The fourth-order valence-corrected chi connectivity index (χ4v) is 3.08. The normalized spacial score (nSPS) is 10.6. The third-order valence-corrected chi connectivity index (χ3v) is 3.71. The Morgan fingerprint density at radius 3 is 2.72 bits per heavy atom. The molecular weight excluding hydrogens is 274 g/mol. The topological polar surface area (TPSA) is 92.2 Å². The Hall–Kier alpha value is -1.15. The number of aliphatic carboxylic acids is 1. The number of rotatable bonds is 7. The number of carboxylic acid groups (broad SMARTS) is 1. The van der Waals surface area contributed by atoms with Crippen LogP contribution in [0.2, 0.25) is 0 Å². The zero-order valence-corrected chi connectivity index (χ0v) is 11.8. The summed E-state index contributed by atoms with van der Waals surface area (Å²) in [6, 6.07) is 0. The van der Waals surface area contributed by atoms with E-state index in [9.17, 15) is 9.59 Å². The van der Waals surface area contributed by atoms with Crippen molar-refractivity contribution in [1.82, 2.24) is 10.2 Å². The second-order valence-electron chi connectivity index (χ2n) is 3.84. The molecule has 100 valence electrons. The Bertz CT molecular complexity index is 420. The molecule has 1 amide bonds. The number of amides is 1. The molecule has 0 unspecified atom stereocenters. The van der Waals surface area contributed by atoms with E-state index in [1.807, 2.05) is 0 Å². The predicted molar refractivity (Wildman–Crippen MR) is 71.0 cm³/mol. The number of anilines is 1. The van der Waals surface area contributed by atoms with E-state index in [1.165, 1.54) is 11.3 Å². The molecule has 0 fully saturated rings. The van der Waals surface area contributed by atoms with Crippen molar-refractivity contribution in [2.24, 2.45) is 0 Å². The van der Waals surface area contributed by atoms with Crippen molar-refractivity contribution in [2.45, 2.75) is 42.7 Å². The number of nitrogens with zero attached hydrogens (tertiary/aromatic N) is 2. The van der Waals surface area contributed by atoms with Crippen molar-refractivity contribution in [1.29, 1.82) is 0 Å². The van der Waals surface area contributed by atoms with Crippen molar-refractivity contribution in [2.75, 3.05) is 5.32 Å². The van der Waals surface area contributed by atoms with Gasteiger partial charge in [-0.3, -0.25) is 9.59 Å². The number of nitrogens with one attached hydrogen (secondary N) is 1. The molecule has 0 aliphatic carbocycles. The highest BCUT2D eigenvalue weighted by Gasteiger charge is 2.10. The minimum atomic E-state index is -0.894. The number of hydrogen-bond donors (Lipinski definition) is 2. The second kappa shape index (κ2) is 7.32. The SMILES string of the molecule is CC(C)Sc1nnc(NC(=O)CCCC(=O)O)s1. The maximum atomic E-state index is 11.5. The van der Waals surface area contributed by atoms with Crippen LogP contribution in [0.4, 0.5) is 5.13 Å². The van der Waals surface area contributed by atoms with Crippen LogP contribution in [0.5, 0.6) is 0 Å². The van der Waals surface area contributed by atoms with Crippen LogP contribution >= 0.6 is 23.1 Å². The Kier molecular flexibility index (Phi) is 6.06. The van der Waals surface area contributed by atoms with Gasteiger partial charge in [0, 0.05) is 18.1 Å². The third kappa shape index (κ3) is 5.97. The summed E-state index contributed by atoms with van der Waals surface area (Å²) >= 11 is 2.91. The molecule has 0 aromatic carbocycles. The predicted octanol–water partition coefficient (Wildman–Crippen LogP) is 2.23. The fourth-order valence-electron chi connectivity index (χ4n) is 1.09. The van der Waals surface area contributed by atoms with E-state index in [4.69, 9.17) is 5.11 Å². The van der Waals surface area contributed by atoms with Gasteiger partial charge in [-0.05, 0) is 6.42 Å². The van der Waals surface area contributed by atoms with Crippen LogP contribution in [0.25, 0.3) is 0 Å². The number of thioether (sulfide) groups is 1. The molecule has 0 bridgehead atoms. The molecule has 0 radical (unpaired) electrons. The van der Waals surface area contributed by atoms with Crippen LogP contribution in [0.1, 0.15) is 33.1 Å². The van der Waals surface area contributed by atoms with E-state index >= 15 is 0 Å². The zero-order chi connectivity index (χ0) is 13.5. The summed E-state index contributed by atoms with van der Waals surface area (Å²) in [5, 5.41) is 19.7. The highest BCUT2D eigenvalue weighted by molar-refractivity contribution is 8.01. The lowest BCUT2D eigenvalue weighted by molar-refractivity contribution is -0.137. The maximum Gasteiger partial charge on any atom is 0.303 e. The van der Waals surface area contributed by atoms with Crippen LogP contribution < -0.4 is 5.32 Å². The third-order valence-electron chi connectivity index (χ3n) is 1.78. The van der Waals surface area contributed by atoms with E-state index in [0.717, 1.165) is 4.34 Å². The maximum absolute atomic E-state index is 11.5. The van der Waals surface area contributed by atoms with Crippen molar-refractivity contribution in [3.8, 4) is 0 Å². The van der Waals surface area contributed by atoms with E-state index < -0.39 is 5.97 Å². The molecule has 0 spiro atoms. The van der Waals surface area contributed by atoms with Crippen molar-refractivity contribution in [3.05, 3.63) is 0 Å². The average Bonchev–Trinajstić information content (AvgIpc) is 2.63. The van der Waals surface area contributed by atoms with Gasteiger partial charge in [0.15, 0.2) is 4.34 Å². The van der Waals surface area contributed by atoms with Gasteiger partial charge in [-0.1, -0.05) is 36.9 Å². The molecule has 6 nitrogen and oxygen atoms in total. The van der Waals surface area contributed by atoms with Crippen LogP contribution in [0.3, 0.4) is 0 Å². The van der Waals surface area contributed by atoms with Crippen molar-refractivity contribution < 1.29 is 14.7 Å². The van der Waals surface area contributed by atoms with E-state index in [0.29, 0.717) is 16.8 Å². The molecule has 0 atom stereocenters. The quantitative estimate of drug-likeness (QED) is 0.590. The van der Waals surface area contributed by atoms with Gasteiger partial charge in [0.05, 0.1) is 0 Å². The number of carbonyl (C=O) groups excluding carboxylic acids is 1. The zero-order valence-electron chi connectivity index (χ0n) is 10.2. The molecular formula is C10H15N3O3S2. The van der Waals surface area contributed by atoms with Gasteiger partial charge >= 0.3 is 5.97 Å². The summed E-state index contributed by atoms with van der Waals surface area (Å²) < 4.78 is 0.811. The first-order chi connectivity index (χ1) is 8.47. The van der Waals surface area contributed by atoms with Crippen LogP contribution in [0.15, 0.2) is 4.34 Å². The summed E-state index contributed by atoms with van der Waals surface area (Å²) in [5.41, 5.74) is 0. The van der Waals surface area contributed by atoms with Crippen LogP contribution in [-0.4, -0.2) is 32.4 Å². The first kappa shape index (κ1) is 14.9. The minimum Gasteiger partial charge on any atom is -0.481 e. The van der Waals surface area contributed by atoms with E-state index in [2.05, 4.69) is 29.4 Å². The minimum absolute atomic E-state index is 0.00199. The number of hydrogen-bond acceptors (Lipinski definition) is 6. The van der Waals surface area contributed by atoms with Crippen LogP contribution in [0, 0.1) is 0 Å². The summed E-state index contributed by atoms with van der Waals surface area (Å²) in [6.07, 6.45) is 0.504. The number of carboxylic acids is 1. The Morgan fingerprint density at radius 1 is 1.39 bits per heavy atom. The van der Waals surface area contributed by atoms with E-state index in [-0.39, 0.29) is 18.7 Å². The van der Waals surface area contributed by atoms with Gasteiger partial charge in [0.25, 0.3) is 0 Å². The van der Waals surface area contributed by atoms with Gasteiger partial charge in [-0.2, -0.15) is 0 Å². The fraction of sp³-hybridized carbons (Fsp3) is 0.600. The molecule has 1 aromatic rings. The summed E-state index contributed by atoms with van der Waals surface area (Å²) in [7, 11) is 0. The van der Waals surface area contributed by atoms with E-state index in [1.54, 1.807) is 11.8 Å². The van der Waals surface area contributed by atoms with Gasteiger partial charge in [0.1, 0.15) is 0 Å². The van der Waals surface area contributed by atoms with Crippen molar-refractivity contribution in [3.63, 3.8) is 0 Å². The molecule has 2 N–H and O–H groups in total. The molecule has 18 heavy (non-hydrogen) atoms. The lowest BCUT2D eigenvalue weighted by Gasteiger charge is -1.99. The molecule has 0 saturated carbocycles. The average molecular weight is 289 g/mol. The Morgan fingerprint density at radius 2 is 2.11 bits per heavy atom. The Labute approximate surface area is 113 Å². The van der Waals surface area contributed by atoms with Gasteiger partial charge in [-0.25, -0.2) is 0 Å². The molecule has 0 aliphatic heterocycles. The van der Waals surface area contributed by atoms with Crippen molar-refractivity contribution >= 4 is 40.1 Å². The number of carbonyl (C=O) groups is 2. The highest BCUT2D eigenvalue weighted by Crippen LogP contribution is 2.28. The van der Waals surface area contributed by atoms with Gasteiger partial charge in [-0.15, -0.1) is 10.2 Å². The second-order valence-corrected chi connectivity index (χ2v) is 6.64. The lowest BCUT2D eigenvalue weighted by atomic mass is 10.2.